The maximum absolute atomic E-state index is 9.49. The normalized spacial score (nSPS) is 21.7. The Labute approximate surface area is 131 Å². The first-order chi connectivity index (χ1) is 10.5. The topological polar surface area (TPSA) is 110 Å². The van der Waals surface area contributed by atoms with Crippen LogP contribution in [0.15, 0.2) is 23.3 Å². The summed E-state index contributed by atoms with van der Waals surface area (Å²) in [6.07, 6.45) is 2.41. The fourth-order valence-electron chi connectivity index (χ4n) is 2.27. The van der Waals surface area contributed by atoms with Crippen molar-refractivity contribution in [2.45, 2.75) is 25.4 Å². The second kappa shape index (κ2) is 5.87. The zero-order valence-electron chi connectivity index (χ0n) is 11.8. The molecule has 2 heterocycles. The average molecular weight is 320 g/mol. The Morgan fingerprint density at radius 1 is 1.36 bits per heavy atom. The van der Waals surface area contributed by atoms with Gasteiger partial charge in [0.05, 0.1) is 12.3 Å². The molecule has 1 saturated heterocycles. The quantitative estimate of drug-likeness (QED) is 0.330. The van der Waals surface area contributed by atoms with Crippen LogP contribution < -0.4 is 10.9 Å². The average Bonchev–Trinajstić information content (AvgIpc) is 3.06. The van der Waals surface area contributed by atoms with E-state index in [9.17, 15) is 10.2 Å². The highest BCUT2D eigenvalue weighted by Crippen LogP contribution is 2.24. The maximum Gasteiger partial charge on any atom is 0.216 e. The van der Waals surface area contributed by atoms with Gasteiger partial charge in [-0.05, 0) is 49.3 Å². The van der Waals surface area contributed by atoms with E-state index in [1.807, 2.05) is 0 Å². The van der Waals surface area contributed by atoms with E-state index in [-0.39, 0.29) is 17.5 Å². The molecule has 1 aromatic heterocycles. The molecule has 0 bridgehead atoms. The molecule has 2 unspecified atom stereocenters. The van der Waals surface area contributed by atoms with Gasteiger partial charge < -0.3 is 10.2 Å². The Kier molecular flexibility index (Phi) is 3.92. The van der Waals surface area contributed by atoms with Gasteiger partial charge in [-0.1, -0.05) is 0 Å². The Morgan fingerprint density at radius 2 is 2.18 bits per heavy atom. The molecule has 9 heteroatoms. The Hall–Kier alpha value is -2.23. The maximum atomic E-state index is 9.49. The van der Waals surface area contributed by atoms with Gasteiger partial charge in [0.2, 0.25) is 4.77 Å². The Bertz CT molecular complexity index is 768. The number of hydrazine groups is 1. The first kappa shape index (κ1) is 14.7. The van der Waals surface area contributed by atoms with Gasteiger partial charge in [-0.3, -0.25) is 10.5 Å². The zero-order valence-corrected chi connectivity index (χ0v) is 12.6. The second-order valence-electron chi connectivity index (χ2n) is 5.17. The number of rotatable bonds is 3. The van der Waals surface area contributed by atoms with Gasteiger partial charge in [0.25, 0.3) is 0 Å². The number of phenolic OH excluding ortho intramolecular Hbond substituents is 2. The van der Waals surface area contributed by atoms with E-state index in [4.69, 9.17) is 12.2 Å². The Morgan fingerprint density at radius 3 is 2.86 bits per heavy atom. The molecule has 1 aromatic carbocycles. The molecule has 2 aromatic rings. The van der Waals surface area contributed by atoms with E-state index in [0.717, 1.165) is 6.42 Å². The number of benzene rings is 1. The van der Waals surface area contributed by atoms with Crippen LogP contribution in [0.3, 0.4) is 0 Å². The summed E-state index contributed by atoms with van der Waals surface area (Å²) in [5, 5.41) is 30.1. The summed E-state index contributed by atoms with van der Waals surface area (Å²) in [6, 6.07) is 4.80. The van der Waals surface area contributed by atoms with Crippen LogP contribution in [0, 0.1) is 4.77 Å². The van der Waals surface area contributed by atoms with Crippen molar-refractivity contribution in [3.63, 3.8) is 0 Å². The van der Waals surface area contributed by atoms with Crippen LogP contribution in [0.1, 0.15) is 30.8 Å². The molecule has 0 radical (unpaired) electrons. The van der Waals surface area contributed by atoms with Crippen molar-refractivity contribution < 1.29 is 10.2 Å². The molecule has 116 valence electrons. The summed E-state index contributed by atoms with van der Waals surface area (Å²) in [5.41, 5.74) is 6.91. The number of H-pyrrole nitrogens is 1. The first-order valence-electron chi connectivity index (χ1n) is 6.79. The van der Waals surface area contributed by atoms with Crippen molar-refractivity contribution in [3.8, 4) is 11.5 Å². The van der Waals surface area contributed by atoms with Crippen molar-refractivity contribution >= 4 is 18.4 Å². The highest BCUT2D eigenvalue weighted by molar-refractivity contribution is 7.71. The predicted molar refractivity (Wildman–Crippen MR) is 83.3 cm³/mol. The number of nitrogens with zero attached hydrogens (tertiary/aromatic N) is 3. The number of nitrogens with one attached hydrogen (secondary N) is 3. The predicted octanol–water partition coefficient (Wildman–Crippen LogP) is 1.16. The first-order valence-corrected chi connectivity index (χ1v) is 7.20. The molecular formula is C13H16N6O2S. The van der Waals surface area contributed by atoms with Crippen LogP contribution in [-0.2, 0) is 0 Å². The van der Waals surface area contributed by atoms with Crippen LogP contribution in [0.25, 0.3) is 0 Å². The SMILES string of the molecule is CC1CC(c2n[nH]c(=S)n2/N=C/c2ccc(O)c(O)c2)NN1. The summed E-state index contributed by atoms with van der Waals surface area (Å²) in [6.45, 7) is 2.07. The van der Waals surface area contributed by atoms with Gasteiger partial charge in [0.1, 0.15) is 0 Å². The van der Waals surface area contributed by atoms with E-state index in [0.29, 0.717) is 22.2 Å². The highest BCUT2D eigenvalue weighted by Gasteiger charge is 2.26. The molecule has 0 spiro atoms. The van der Waals surface area contributed by atoms with Crippen molar-refractivity contribution in [2.24, 2.45) is 5.10 Å². The number of aromatic nitrogens is 3. The smallest absolute Gasteiger partial charge is 0.216 e. The molecule has 3 rings (SSSR count). The summed E-state index contributed by atoms with van der Waals surface area (Å²) in [5.74, 6) is 0.310. The third-order valence-electron chi connectivity index (χ3n) is 3.40. The minimum Gasteiger partial charge on any atom is -0.504 e. The zero-order chi connectivity index (χ0) is 15.7. The molecule has 0 saturated carbocycles. The van der Waals surface area contributed by atoms with Gasteiger partial charge in [-0.15, -0.1) is 0 Å². The lowest BCUT2D eigenvalue weighted by atomic mass is 10.1. The van der Waals surface area contributed by atoms with Gasteiger partial charge in [0, 0.05) is 6.04 Å². The van der Waals surface area contributed by atoms with Crippen molar-refractivity contribution in [1.29, 1.82) is 0 Å². The van der Waals surface area contributed by atoms with E-state index in [2.05, 4.69) is 33.1 Å². The van der Waals surface area contributed by atoms with Crippen molar-refractivity contribution in [3.05, 3.63) is 34.4 Å². The number of phenols is 2. The van der Waals surface area contributed by atoms with E-state index in [1.165, 1.54) is 16.8 Å². The van der Waals surface area contributed by atoms with Crippen molar-refractivity contribution in [2.75, 3.05) is 0 Å². The molecular weight excluding hydrogens is 304 g/mol. The van der Waals surface area contributed by atoms with E-state index in [1.54, 1.807) is 12.3 Å². The summed E-state index contributed by atoms with van der Waals surface area (Å²) in [7, 11) is 0. The number of aromatic amines is 1. The largest absolute Gasteiger partial charge is 0.504 e. The van der Waals surface area contributed by atoms with E-state index >= 15 is 0 Å². The minimum atomic E-state index is -0.199. The molecule has 8 nitrogen and oxygen atoms in total. The molecule has 1 fully saturated rings. The summed E-state index contributed by atoms with van der Waals surface area (Å²) in [4.78, 5) is 0. The van der Waals surface area contributed by atoms with Gasteiger partial charge in [-0.25, -0.2) is 5.43 Å². The number of aromatic hydroxyl groups is 2. The summed E-state index contributed by atoms with van der Waals surface area (Å²) < 4.78 is 1.92. The summed E-state index contributed by atoms with van der Waals surface area (Å²) >= 11 is 5.19. The third kappa shape index (κ3) is 2.86. The lowest BCUT2D eigenvalue weighted by molar-refractivity contribution is 0.403. The van der Waals surface area contributed by atoms with Crippen LogP contribution in [0.5, 0.6) is 11.5 Å². The van der Waals surface area contributed by atoms with Gasteiger partial charge in [-0.2, -0.15) is 14.9 Å². The monoisotopic (exact) mass is 320 g/mol. The van der Waals surface area contributed by atoms with Crippen LogP contribution in [0.2, 0.25) is 0 Å². The van der Waals surface area contributed by atoms with Crippen LogP contribution >= 0.6 is 12.2 Å². The van der Waals surface area contributed by atoms with Gasteiger partial charge >= 0.3 is 0 Å². The molecule has 5 N–H and O–H groups in total. The molecule has 1 aliphatic rings. The lowest BCUT2D eigenvalue weighted by Gasteiger charge is -2.07. The standard InChI is InChI=1S/C13H16N6O2S/c1-7-4-9(16-15-7)12-17-18-13(22)19(12)14-6-8-2-3-10(20)11(21)5-8/h2-3,5-7,9,15-16,20-21H,4H2,1H3,(H,18,22)/b14-6+. The van der Waals surface area contributed by atoms with Crippen LogP contribution in [0.4, 0.5) is 0 Å². The third-order valence-corrected chi connectivity index (χ3v) is 3.67. The molecule has 22 heavy (non-hydrogen) atoms. The minimum absolute atomic E-state index is 0.00770. The molecule has 0 aliphatic carbocycles. The molecule has 0 amide bonds. The fourth-order valence-corrected chi connectivity index (χ4v) is 2.46. The van der Waals surface area contributed by atoms with Crippen molar-refractivity contribution in [1.82, 2.24) is 25.7 Å². The molecule has 2 atom stereocenters. The highest BCUT2D eigenvalue weighted by atomic mass is 32.1. The number of hydrogen-bond acceptors (Lipinski definition) is 7. The van der Waals surface area contributed by atoms with Crippen LogP contribution in [-0.4, -0.2) is 37.3 Å². The Balaban J connectivity index is 1.88. The lowest BCUT2D eigenvalue weighted by Crippen LogP contribution is -2.29. The van der Waals surface area contributed by atoms with E-state index < -0.39 is 0 Å². The van der Waals surface area contributed by atoms with Gasteiger partial charge in [0.15, 0.2) is 17.3 Å². The molecule has 1 aliphatic heterocycles. The second-order valence-corrected chi connectivity index (χ2v) is 5.56. The fraction of sp³-hybridized carbons (Fsp3) is 0.308. The number of hydrogen-bond donors (Lipinski definition) is 5.